The van der Waals surface area contributed by atoms with E-state index in [-0.39, 0.29) is 10.8 Å². The summed E-state index contributed by atoms with van der Waals surface area (Å²) in [4.78, 5) is 4.63. The van der Waals surface area contributed by atoms with Crippen LogP contribution in [0.4, 0.5) is 0 Å². The molecule has 1 aliphatic rings. The van der Waals surface area contributed by atoms with Gasteiger partial charge in [0.25, 0.3) is 0 Å². The molecule has 27 heavy (non-hydrogen) atoms. The minimum absolute atomic E-state index is 0.155. The van der Waals surface area contributed by atoms with E-state index in [1.54, 1.807) is 18.2 Å². The van der Waals surface area contributed by atoms with Crippen LogP contribution >= 0.6 is 11.6 Å². The van der Waals surface area contributed by atoms with Gasteiger partial charge in [0.2, 0.25) is 21.7 Å². The van der Waals surface area contributed by atoms with Crippen LogP contribution < -0.4 is 0 Å². The minimum atomic E-state index is -3.60. The summed E-state index contributed by atoms with van der Waals surface area (Å²) in [6.07, 6.45) is 1.50. The smallest absolute Gasteiger partial charge is 0.243 e. The molecule has 0 amide bonds. The molecule has 0 aliphatic carbocycles. The first kappa shape index (κ1) is 18.2. The van der Waals surface area contributed by atoms with Gasteiger partial charge in [0.15, 0.2) is 5.76 Å². The number of nitrogens with zero attached hydrogens (tertiary/aromatic N) is 3. The van der Waals surface area contributed by atoms with Crippen LogP contribution in [-0.2, 0) is 10.0 Å². The molecule has 142 valence electrons. The maximum atomic E-state index is 12.9. The highest BCUT2D eigenvalue weighted by Gasteiger charge is 2.33. The molecule has 1 aromatic carbocycles. The molecule has 4 rings (SSSR count). The van der Waals surface area contributed by atoms with Gasteiger partial charge in [-0.25, -0.2) is 8.42 Å². The summed E-state index contributed by atoms with van der Waals surface area (Å²) in [6, 6.07) is 9.79. The Balaban J connectivity index is 1.54. The molecule has 1 aliphatic heterocycles. The quantitative estimate of drug-likeness (QED) is 0.652. The van der Waals surface area contributed by atoms with Gasteiger partial charge in [-0.3, -0.25) is 0 Å². The average Bonchev–Trinajstić information content (AvgIpc) is 3.31. The molecule has 9 heteroatoms. The Bertz CT molecular complexity index is 1040. The summed E-state index contributed by atoms with van der Waals surface area (Å²) < 4.78 is 38.2. The molecule has 1 fully saturated rings. The molecule has 7 nitrogen and oxygen atoms in total. The minimum Gasteiger partial charge on any atom is -0.458 e. The van der Waals surface area contributed by atoms with E-state index in [0.717, 1.165) is 18.6 Å². The zero-order valence-corrected chi connectivity index (χ0v) is 16.2. The van der Waals surface area contributed by atoms with Crippen molar-refractivity contribution in [3.8, 4) is 11.6 Å². The maximum absolute atomic E-state index is 12.9. The molecule has 0 radical (unpaired) electrons. The number of sulfonamides is 1. The second-order valence-electron chi connectivity index (χ2n) is 6.52. The Hall–Kier alpha value is -2.16. The number of aryl methyl sites for hydroxylation is 1. The highest BCUT2D eigenvalue weighted by molar-refractivity contribution is 7.89. The number of aromatic nitrogens is 2. The van der Waals surface area contributed by atoms with Crippen molar-refractivity contribution in [2.24, 2.45) is 0 Å². The predicted molar refractivity (Wildman–Crippen MR) is 98.9 cm³/mol. The number of rotatable bonds is 4. The Morgan fingerprint density at radius 3 is 2.67 bits per heavy atom. The van der Waals surface area contributed by atoms with Crippen LogP contribution in [0.5, 0.6) is 0 Å². The van der Waals surface area contributed by atoms with E-state index in [2.05, 4.69) is 10.1 Å². The normalized spacial score (nSPS) is 18.7. The lowest BCUT2D eigenvalue weighted by Crippen LogP contribution is -2.39. The molecule has 3 heterocycles. The van der Waals surface area contributed by atoms with Gasteiger partial charge in [-0.05, 0) is 56.2 Å². The molecule has 3 aromatic rings. The van der Waals surface area contributed by atoms with E-state index in [4.69, 9.17) is 20.5 Å². The van der Waals surface area contributed by atoms with Crippen LogP contribution in [0.25, 0.3) is 11.6 Å². The van der Waals surface area contributed by atoms with Crippen LogP contribution in [-0.4, -0.2) is 36.0 Å². The Kier molecular flexibility index (Phi) is 4.79. The number of hydrogen-bond donors (Lipinski definition) is 0. The lowest BCUT2D eigenvalue weighted by atomic mass is 10.00. The first-order chi connectivity index (χ1) is 12.9. The van der Waals surface area contributed by atoms with E-state index in [9.17, 15) is 8.42 Å². The fraction of sp³-hybridized carbons (Fsp3) is 0.333. The molecule has 0 spiro atoms. The van der Waals surface area contributed by atoms with Gasteiger partial charge in [-0.15, -0.1) is 0 Å². The molecule has 0 bridgehead atoms. The van der Waals surface area contributed by atoms with Crippen molar-refractivity contribution in [3.63, 3.8) is 0 Å². The molecule has 1 atom stereocenters. The van der Waals surface area contributed by atoms with Crippen molar-refractivity contribution < 1.29 is 17.4 Å². The topological polar surface area (TPSA) is 89.4 Å². The van der Waals surface area contributed by atoms with Crippen molar-refractivity contribution in [1.29, 1.82) is 0 Å². The third-order valence-electron chi connectivity index (χ3n) is 4.59. The number of hydrogen-bond acceptors (Lipinski definition) is 6. The van der Waals surface area contributed by atoms with Crippen LogP contribution in [0.2, 0.25) is 5.02 Å². The summed E-state index contributed by atoms with van der Waals surface area (Å²) in [6.45, 7) is 2.59. The van der Waals surface area contributed by atoms with Gasteiger partial charge in [0.05, 0.1) is 10.8 Å². The molecule has 0 saturated carbocycles. The van der Waals surface area contributed by atoms with Gasteiger partial charge in [0, 0.05) is 18.1 Å². The summed E-state index contributed by atoms with van der Waals surface area (Å²) >= 11 is 5.86. The summed E-state index contributed by atoms with van der Waals surface area (Å²) in [5.41, 5.74) is 0. The second-order valence-corrected chi connectivity index (χ2v) is 8.90. The van der Waals surface area contributed by atoms with Gasteiger partial charge < -0.3 is 8.94 Å². The first-order valence-corrected chi connectivity index (χ1v) is 10.4. The van der Waals surface area contributed by atoms with E-state index in [0.29, 0.717) is 35.6 Å². The van der Waals surface area contributed by atoms with Crippen LogP contribution in [0, 0.1) is 6.92 Å². The van der Waals surface area contributed by atoms with E-state index >= 15 is 0 Å². The molecule has 1 saturated heterocycles. The summed E-state index contributed by atoms with van der Waals surface area (Å²) in [5.74, 6) is 1.93. The fourth-order valence-electron chi connectivity index (χ4n) is 3.17. The zero-order valence-electron chi connectivity index (χ0n) is 14.6. The number of furan rings is 1. The largest absolute Gasteiger partial charge is 0.458 e. The van der Waals surface area contributed by atoms with Crippen LogP contribution in [0.1, 0.15) is 30.4 Å². The number of benzene rings is 1. The van der Waals surface area contributed by atoms with Gasteiger partial charge >= 0.3 is 0 Å². The molecule has 1 unspecified atom stereocenters. The SMILES string of the molecule is Cc1ccc(-c2noc(C3CCCN(S(=O)(=O)c4ccc(Cl)cc4)C3)n2)o1. The Morgan fingerprint density at radius 2 is 1.96 bits per heavy atom. The average molecular weight is 408 g/mol. The van der Waals surface area contributed by atoms with Crippen molar-refractivity contribution >= 4 is 21.6 Å². The fourth-order valence-corrected chi connectivity index (χ4v) is 4.82. The van der Waals surface area contributed by atoms with Crippen LogP contribution in [0.3, 0.4) is 0 Å². The Morgan fingerprint density at radius 1 is 1.19 bits per heavy atom. The maximum Gasteiger partial charge on any atom is 0.243 e. The number of halogens is 1. The zero-order chi connectivity index (χ0) is 19.0. The molecular weight excluding hydrogens is 390 g/mol. The van der Waals surface area contributed by atoms with E-state index < -0.39 is 10.0 Å². The van der Waals surface area contributed by atoms with E-state index in [1.165, 1.54) is 16.4 Å². The number of piperidine rings is 1. The van der Waals surface area contributed by atoms with Crippen molar-refractivity contribution in [2.45, 2.75) is 30.6 Å². The molecule has 0 N–H and O–H groups in total. The standard InChI is InChI=1S/C18H18ClN3O4S/c1-12-4-9-16(25-12)17-20-18(26-21-17)13-3-2-10-22(11-13)27(23,24)15-7-5-14(19)6-8-15/h4-9,13H,2-3,10-11H2,1H3. The monoisotopic (exact) mass is 407 g/mol. The molecular formula is C18H18ClN3O4S. The highest BCUT2D eigenvalue weighted by atomic mass is 35.5. The summed E-state index contributed by atoms with van der Waals surface area (Å²) in [7, 11) is -3.60. The summed E-state index contributed by atoms with van der Waals surface area (Å²) in [5, 5.41) is 4.46. The van der Waals surface area contributed by atoms with E-state index in [1.807, 2.05) is 13.0 Å². The Labute approximate surface area is 162 Å². The van der Waals surface area contributed by atoms with Gasteiger partial charge in [-0.1, -0.05) is 16.8 Å². The third-order valence-corrected chi connectivity index (χ3v) is 6.72. The predicted octanol–water partition coefficient (Wildman–Crippen LogP) is 3.86. The van der Waals surface area contributed by atoms with Crippen molar-refractivity contribution in [3.05, 3.63) is 53.1 Å². The first-order valence-electron chi connectivity index (χ1n) is 8.59. The van der Waals surface area contributed by atoms with Gasteiger partial charge in [-0.2, -0.15) is 9.29 Å². The highest BCUT2D eigenvalue weighted by Crippen LogP contribution is 2.31. The third kappa shape index (κ3) is 3.65. The van der Waals surface area contributed by atoms with Crippen LogP contribution in [0.15, 0.2) is 50.2 Å². The van der Waals surface area contributed by atoms with Gasteiger partial charge in [0.1, 0.15) is 5.76 Å². The lowest BCUT2D eigenvalue weighted by Gasteiger charge is -2.30. The van der Waals surface area contributed by atoms with Crippen molar-refractivity contribution in [2.75, 3.05) is 13.1 Å². The second kappa shape index (κ2) is 7.10. The van der Waals surface area contributed by atoms with Crippen molar-refractivity contribution in [1.82, 2.24) is 14.4 Å². The molecule has 2 aromatic heterocycles. The lowest BCUT2D eigenvalue weighted by molar-refractivity contribution is 0.265.